The number of H-pyrrole nitrogens is 1. The Morgan fingerprint density at radius 1 is 1.15 bits per heavy atom. The topological polar surface area (TPSA) is 84.1 Å². The van der Waals surface area contributed by atoms with E-state index in [4.69, 9.17) is 4.74 Å². The summed E-state index contributed by atoms with van der Waals surface area (Å²) in [4.78, 5) is 31.9. The van der Waals surface area contributed by atoms with Gasteiger partial charge >= 0.3 is 5.97 Å². The number of benzene rings is 2. The number of nitrogens with zero attached hydrogens (tertiary/aromatic N) is 1. The quantitative estimate of drug-likeness (QED) is 0.630. The second kappa shape index (κ2) is 8.49. The Hall–Kier alpha value is -3.15. The van der Waals surface area contributed by atoms with Crippen molar-refractivity contribution in [3.8, 4) is 0 Å². The number of carbonyl (C=O) groups is 2. The fourth-order valence-corrected chi connectivity index (χ4v) is 2.92. The van der Waals surface area contributed by atoms with E-state index in [-0.39, 0.29) is 24.7 Å². The molecule has 1 amide bonds. The summed E-state index contributed by atoms with van der Waals surface area (Å²) in [5.74, 6) is 0.272. The van der Waals surface area contributed by atoms with Gasteiger partial charge in [-0.1, -0.05) is 42.0 Å². The predicted molar refractivity (Wildman–Crippen MR) is 103 cm³/mol. The largest absolute Gasteiger partial charge is 0.469 e. The SMILES string of the molecule is COC(=O)CC(NC(=O)CCc1nc2ccccc2[nH]1)c1ccc(C)cc1. The van der Waals surface area contributed by atoms with Crippen LogP contribution in [-0.2, 0) is 20.7 Å². The first-order valence-corrected chi connectivity index (χ1v) is 8.91. The lowest BCUT2D eigenvalue weighted by molar-refractivity contribution is -0.141. The first kappa shape index (κ1) is 18.6. The smallest absolute Gasteiger partial charge is 0.307 e. The van der Waals surface area contributed by atoms with Crippen LogP contribution in [0.4, 0.5) is 0 Å². The molecule has 27 heavy (non-hydrogen) atoms. The van der Waals surface area contributed by atoms with Crippen molar-refractivity contribution >= 4 is 22.9 Å². The lowest BCUT2D eigenvalue weighted by Gasteiger charge is -2.18. The third-order valence-corrected chi connectivity index (χ3v) is 4.44. The van der Waals surface area contributed by atoms with Gasteiger partial charge in [-0.3, -0.25) is 9.59 Å². The van der Waals surface area contributed by atoms with Crippen molar-refractivity contribution in [2.45, 2.75) is 32.2 Å². The molecule has 0 saturated heterocycles. The second-order valence-electron chi connectivity index (χ2n) is 6.51. The summed E-state index contributed by atoms with van der Waals surface area (Å²) in [6.45, 7) is 1.99. The van der Waals surface area contributed by atoms with Crippen molar-refractivity contribution in [2.75, 3.05) is 7.11 Å². The summed E-state index contributed by atoms with van der Waals surface area (Å²) in [5.41, 5.74) is 3.84. The molecule has 0 fully saturated rings. The highest BCUT2D eigenvalue weighted by molar-refractivity contribution is 5.79. The molecular formula is C21H23N3O3. The molecule has 6 nitrogen and oxygen atoms in total. The number of amides is 1. The van der Waals surface area contributed by atoms with Crippen LogP contribution in [0.2, 0.25) is 0 Å². The number of hydrogen-bond donors (Lipinski definition) is 2. The number of aryl methyl sites for hydroxylation is 2. The molecule has 0 bridgehead atoms. The Labute approximate surface area is 158 Å². The number of aromatic amines is 1. The molecule has 0 saturated carbocycles. The molecule has 1 atom stereocenters. The Morgan fingerprint density at radius 2 is 1.89 bits per heavy atom. The lowest BCUT2D eigenvalue weighted by atomic mass is 10.0. The van der Waals surface area contributed by atoms with Crippen molar-refractivity contribution in [1.82, 2.24) is 15.3 Å². The maximum Gasteiger partial charge on any atom is 0.307 e. The molecule has 6 heteroatoms. The number of carbonyl (C=O) groups excluding carboxylic acids is 2. The minimum absolute atomic E-state index is 0.0932. The van der Waals surface area contributed by atoms with E-state index in [0.717, 1.165) is 28.0 Å². The van der Waals surface area contributed by atoms with E-state index in [2.05, 4.69) is 15.3 Å². The maximum atomic E-state index is 12.4. The third kappa shape index (κ3) is 4.94. The van der Waals surface area contributed by atoms with Gasteiger partial charge in [0.15, 0.2) is 0 Å². The van der Waals surface area contributed by atoms with Crippen LogP contribution in [0.1, 0.15) is 35.8 Å². The van der Waals surface area contributed by atoms with Gasteiger partial charge in [0, 0.05) is 12.8 Å². The highest BCUT2D eigenvalue weighted by atomic mass is 16.5. The molecule has 3 rings (SSSR count). The van der Waals surface area contributed by atoms with Gasteiger partial charge in [-0.05, 0) is 24.6 Å². The summed E-state index contributed by atoms with van der Waals surface area (Å²) in [5, 5.41) is 2.94. The molecular weight excluding hydrogens is 342 g/mol. The van der Waals surface area contributed by atoms with Crippen LogP contribution in [0.15, 0.2) is 48.5 Å². The normalized spacial score (nSPS) is 11.9. The predicted octanol–water partition coefficient (Wildman–Crippen LogP) is 3.22. The molecule has 0 aliphatic rings. The molecule has 3 aromatic rings. The standard InChI is InChI=1S/C21H23N3O3/c1-14-7-9-15(10-8-14)18(13-21(26)27-2)24-20(25)12-11-19-22-16-5-3-4-6-17(16)23-19/h3-10,18H,11-13H2,1-2H3,(H,22,23)(H,24,25). The number of methoxy groups -OCH3 is 1. The molecule has 0 aliphatic carbocycles. The molecule has 0 aliphatic heterocycles. The molecule has 140 valence electrons. The van der Waals surface area contributed by atoms with Crippen molar-refractivity contribution < 1.29 is 14.3 Å². The number of ether oxygens (including phenoxy) is 1. The Bertz CT molecular complexity index is 898. The first-order chi connectivity index (χ1) is 13.0. The molecule has 2 aromatic carbocycles. The van der Waals surface area contributed by atoms with Gasteiger partial charge in [0.25, 0.3) is 0 Å². The fourth-order valence-electron chi connectivity index (χ4n) is 2.92. The van der Waals surface area contributed by atoms with Crippen molar-refractivity contribution in [3.05, 3.63) is 65.5 Å². The number of fused-ring (bicyclic) bond motifs is 1. The van der Waals surface area contributed by atoms with Crippen molar-refractivity contribution in [3.63, 3.8) is 0 Å². The number of imidazole rings is 1. The van der Waals surface area contributed by atoms with Crippen molar-refractivity contribution in [2.24, 2.45) is 0 Å². The van der Waals surface area contributed by atoms with Crippen LogP contribution in [-0.4, -0.2) is 29.0 Å². The van der Waals surface area contributed by atoms with Gasteiger partial charge in [0.05, 0.1) is 30.6 Å². The summed E-state index contributed by atoms with van der Waals surface area (Å²) < 4.78 is 4.77. The third-order valence-electron chi connectivity index (χ3n) is 4.44. The first-order valence-electron chi connectivity index (χ1n) is 8.91. The van der Waals surface area contributed by atoms with E-state index in [1.807, 2.05) is 55.5 Å². The Morgan fingerprint density at radius 3 is 2.59 bits per heavy atom. The summed E-state index contributed by atoms with van der Waals surface area (Å²) in [6, 6.07) is 15.1. The molecule has 1 heterocycles. The zero-order chi connectivity index (χ0) is 19.2. The molecule has 0 radical (unpaired) electrons. The fraction of sp³-hybridized carbons (Fsp3) is 0.286. The number of para-hydroxylation sites is 2. The molecule has 0 spiro atoms. The highest BCUT2D eigenvalue weighted by Gasteiger charge is 2.19. The number of hydrogen-bond acceptors (Lipinski definition) is 4. The molecule has 1 aromatic heterocycles. The van der Waals surface area contributed by atoms with Gasteiger partial charge in [-0.2, -0.15) is 0 Å². The van der Waals surface area contributed by atoms with Gasteiger partial charge in [-0.25, -0.2) is 4.98 Å². The minimum Gasteiger partial charge on any atom is -0.469 e. The van der Waals surface area contributed by atoms with Crippen molar-refractivity contribution in [1.29, 1.82) is 0 Å². The number of rotatable bonds is 7. The zero-order valence-corrected chi connectivity index (χ0v) is 15.5. The Balaban J connectivity index is 1.64. The minimum atomic E-state index is -0.416. The van der Waals surface area contributed by atoms with E-state index in [0.29, 0.717) is 6.42 Å². The van der Waals surface area contributed by atoms with Gasteiger partial charge in [0.1, 0.15) is 5.82 Å². The molecule has 2 N–H and O–H groups in total. The number of esters is 1. The van der Waals surface area contributed by atoms with Gasteiger partial charge in [-0.15, -0.1) is 0 Å². The van der Waals surface area contributed by atoms with E-state index in [1.165, 1.54) is 7.11 Å². The van der Waals surface area contributed by atoms with Crippen LogP contribution in [0.3, 0.4) is 0 Å². The van der Waals surface area contributed by atoms with E-state index in [1.54, 1.807) is 0 Å². The molecule has 1 unspecified atom stereocenters. The average Bonchev–Trinajstić information content (AvgIpc) is 3.09. The average molecular weight is 365 g/mol. The number of nitrogens with one attached hydrogen (secondary N) is 2. The highest BCUT2D eigenvalue weighted by Crippen LogP contribution is 2.19. The van der Waals surface area contributed by atoms with E-state index in [9.17, 15) is 9.59 Å². The van der Waals surface area contributed by atoms with Crippen LogP contribution >= 0.6 is 0 Å². The monoisotopic (exact) mass is 365 g/mol. The van der Waals surface area contributed by atoms with Gasteiger partial charge in [0.2, 0.25) is 5.91 Å². The zero-order valence-electron chi connectivity index (χ0n) is 15.5. The number of aromatic nitrogens is 2. The summed E-state index contributed by atoms with van der Waals surface area (Å²) in [7, 11) is 1.35. The van der Waals surface area contributed by atoms with Gasteiger partial charge < -0.3 is 15.0 Å². The van der Waals surface area contributed by atoms with Crippen LogP contribution in [0.25, 0.3) is 11.0 Å². The maximum absolute atomic E-state index is 12.4. The summed E-state index contributed by atoms with van der Waals surface area (Å²) >= 11 is 0. The Kier molecular flexibility index (Phi) is 5.86. The van der Waals surface area contributed by atoms with Crippen LogP contribution < -0.4 is 5.32 Å². The lowest BCUT2D eigenvalue weighted by Crippen LogP contribution is -2.30. The van der Waals surface area contributed by atoms with Crippen LogP contribution in [0.5, 0.6) is 0 Å². The van der Waals surface area contributed by atoms with E-state index >= 15 is 0 Å². The second-order valence-corrected chi connectivity index (χ2v) is 6.51. The summed E-state index contributed by atoms with van der Waals surface area (Å²) in [6.07, 6.45) is 0.874. The van der Waals surface area contributed by atoms with Crippen LogP contribution in [0, 0.1) is 6.92 Å². The van der Waals surface area contributed by atoms with E-state index < -0.39 is 6.04 Å².